The summed E-state index contributed by atoms with van der Waals surface area (Å²) >= 11 is 0. The lowest BCUT2D eigenvalue weighted by molar-refractivity contribution is -0.138. The van der Waals surface area contributed by atoms with Crippen molar-refractivity contribution in [3.8, 4) is 0 Å². The van der Waals surface area contributed by atoms with E-state index >= 15 is 0 Å². The fourth-order valence-electron chi connectivity index (χ4n) is 2.64. The summed E-state index contributed by atoms with van der Waals surface area (Å²) in [5, 5.41) is 8.75. The Balaban J connectivity index is 1.78. The number of piperazine rings is 1. The van der Waals surface area contributed by atoms with Crippen LogP contribution in [0.4, 0.5) is 0 Å². The summed E-state index contributed by atoms with van der Waals surface area (Å²) < 4.78 is 5.30. The molecule has 0 aromatic rings. The van der Waals surface area contributed by atoms with Crippen molar-refractivity contribution in [2.24, 2.45) is 5.92 Å². The van der Waals surface area contributed by atoms with Gasteiger partial charge in [0.1, 0.15) is 0 Å². The number of aliphatic carboxylic acids is 1. The SMILES string of the molecule is COCC(C1CC1)N1CCN(CC(=O)O)CC1. The van der Waals surface area contributed by atoms with Gasteiger partial charge in [-0.15, -0.1) is 0 Å². The van der Waals surface area contributed by atoms with Crippen molar-refractivity contribution in [2.45, 2.75) is 18.9 Å². The third-order valence-electron chi connectivity index (χ3n) is 3.74. The molecule has 1 aliphatic carbocycles. The molecule has 1 saturated heterocycles. The molecule has 2 fully saturated rings. The van der Waals surface area contributed by atoms with Crippen LogP contribution < -0.4 is 0 Å². The first-order chi connectivity index (χ1) is 8.20. The smallest absolute Gasteiger partial charge is 0.317 e. The molecule has 0 aromatic heterocycles. The van der Waals surface area contributed by atoms with Crippen molar-refractivity contribution in [3.05, 3.63) is 0 Å². The van der Waals surface area contributed by atoms with E-state index in [0.717, 1.165) is 38.7 Å². The molecule has 98 valence electrons. The number of rotatable bonds is 6. The summed E-state index contributed by atoms with van der Waals surface area (Å²) in [6, 6.07) is 0.548. The van der Waals surface area contributed by atoms with E-state index in [1.807, 2.05) is 4.90 Å². The maximum absolute atomic E-state index is 10.6. The Morgan fingerprint density at radius 1 is 1.35 bits per heavy atom. The Morgan fingerprint density at radius 3 is 2.47 bits per heavy atom. The third-order valence-corrected chi connectivity index (χ3v) is 3.74. The maximum Gasteiger partial charge on any atom is 0.317 e. The van der Waals surface area contributed by atoms with Crippen LogP contribution in [0.15, 0.2) is 0 Å². The van der Waals surface area contributed by atoms with E-state index in [-0.39, 0.29) is 6.54 Å². The number of nitrogens with zero attached hydrogens (tertiary/aromatic N) is 2. The number of hydrogen-bond donors (Lipinski definition) is 1. The van der Waals surface area contributed by atoms with Crippen molar-refractivity contribution >= 4 is 5.97 Å². The normalized spacial score (nSPS) is 24.8. The molecule has 1 atom stereocenters. The van der Waals surface area contributed by atoms with E-state index in [9.17, 15) is 4.79 Å². The Kier molecular flexibility index (Phi) is 4.36. The zero-order chi connectivity index (χ0) is 12.3. The van der Waals surface area contributed by atoms with Gasteiger partial charge in [0.25, 0.3) is 0 Å². The highest BCUT2D eigenvalue weighted by Gasteiger charge is 2.36. The molecule has 0 amide bonds. The van der Waals surface area contributed by atoms with Crippen molar-refractivity contribution in [2.75, 3.05) is 46.4 Å². The number of hydrogen-bond acceptors (Lipinski definition) is 4. The summed E-state index contributed by atoms with van der Waals surface area (Å²) in [4.78, 5) is 15.1. The number of carboxylic acids is 1. The van der Waals surface area contributed by atoms with Gasteiger partial charge in [-0.1, -0.05) is 0 Å². The molecule has 0 spiro atoms. The van der Waals surface area contributed by atoms with E-state index in [0.29, 0.717) is 6.04 Å². The summed E-state index contributed by atoms with van der Waals surface area (Å²) in [6.07, 6.45) is 2.65. The highest BCUT2D eigenvalue weighted by Crippen LogP contribution is 2.35. The van der Waals surface area contributed by atoms with Gasteiger partial charge in [-0.05, 0) is 18.8 Å². The number of carbonyl (C=O) groups is 1. The molecule has 2 rings (SSSR count). The number of ether oxygens (including phenoxy) is 1. The minimum atomic E-state index is -0.728. The van der Waals surface area contributed by atoms with Crippen LogP contribution in [0, 0.1) is 5.92 Å². The molecule has 1 unspecified atom stereocenters. The minimum absolute atomic E-state index is 0.173. The summed E-state index contributed by atoms with van der Waals surface area (Å²) in [7, 11) is 1.76. The van der Waals surface area contributed by atoms with Gasteiger partial charge in [0, 0.05) is 39.3 Å². The van der Waals surface area contributed by atoms with Crippen LogP contribution in [0.25, 0.3) is 0 Å². The van der Waals surface area contributed by atoms with Gasteiger partial charge in [0.15, 0.2) is 0 Å². The van der Waals surface area contributed by atoms with E-state index in [1.54, 1.807) is 7.11 Å². The average Bonchev–Trinajstić information content (AvgIpc) is 3.10. The monoisotopic (exact) mass is 242 g/mol. The zero-order valence-electron chi connectivity index (χ0n) is 10.5. The van der Waals surface area contributed by atoms with Crippen LogP contribution in [0.2, 0.25) is 0 Å². The van der Waals surface area contributed by atoms with Gasteiger partial charge in [-0.3, -0.25) is 14.6 Å². The molecule has 0 aromatic carbocycles. The second kappa shape index (κ2) is 5.80. The van der Waals surface area contributed by atoms with Crippen molar-refractivity contribution in [3.63, 3.8) is 0 Å². The first kappa shape index (κ1) is 12.8. The van der Waals surface area contributed by atoms with E-state index in [4.69, 9.17) is 9.84 Å². The Morgan fingerprint density at radius 2 is 2.00 bits per heavy atom. The van der Waals surface area contributed by atoms with Crippen LogP contribution in [0.5, 0.6) is 0 Å². The van der Waals surface area contributed by atoms with E-state index in [2.05, 4.69) is 4.90 Å². The molecule has 0 radical (unpaired) electrons. The van der Waals surface area contributed by atoms with E-state index < -0.39 is 5.97 Å². The number of methoxy groups -OCH3 is 1. The van der Waals surface area contributed by atoms with E-state index in [1.165, 1.54) is 12.8 Å². The van der Waals surface area contributed by atoms with Crippen LogP contribution in [-0.2, 0) is 9.53 Å². The largest absolute Gasteiger partial charge is 0.480 e. The van der Waals surface area contributed by atoms with Crippen LogP contribution in [0.3, 0.4) is 0 Å². The molecule has 5 heteroatoms. The van der Waals surface area contributed by atoms with Gasteiger partial charge >= 0.3 is 5.97 Å². The Hall–Kier alpha value is -0.650. The minimum Gasteiger partial charge on any atom is -0.480 e. The van der Waals surface area contributed by atoms with Crippen molar-refractivity contribution < 1.29 is 14.6 Å². The lowest BCUT2D eigenvalue weighted by Gasteiger charge is -2.38. The predicted octanol–water partition coefficient (Wildman–Crippen LogP) is 0.114. The van der Waals surface area contributed by atoms with Crippen molar-refractivity contribution in [1.29, 1.82) is 0 Å². The van der Waals surface area contributed by atoms with Gasteiger partial charge in [0.2, 0.25) is 0 Å². The fraction of sp³-hybridized carbons (Fsp3) is 0.917. The Labute approximate surface area is 102 Å². The van der Waals surface area contributed by atoms with Gasteiger partial charge in [0.05, 0.1) is 13.2 Å². The molecular weight excluding hydrogens is 220 g/mol. The second-order valence-corrected chi connectivity index (χ2v) is 5.07. The molecule has 1 aliphatic heterocycles. The molecule has 5 nitrogen and oxygen atoms in total. The molecule has 1 N–H and O–H groups in total. The standard InChI is InChI=1S/C12H22N2O3/c1-17-9-11(10-2-3-10)14-6-4-13(5-7-14)8-12(15)16/h10-11H,2-9H2,1H3,(H,15,16). The quantitative estimate of drug-likeness (QED) is 0.716. The first-order valence-electron chi connectivity index (χ1n) is 6.38. The highest BCUT2D eigenvalue weighted by molar-refractivity contribution is 5.69. The molecule has 1 saturated carbocycles. The highest BCUT2D eigenvalue weighted by atomic mass is 16.5. The zero-order valence-corrected chi connectivity index (χ0v) is 10.5. The van der Waals surface area contributed by atoms with Crippen LogP contribution in [-0.4, -0.2) is 73.4 Å². The van der Waals surface area contributed by atoms with Crippen LogP contribution in [0.1, 0.15) is 12.8 Å². The lowest BCUT2D eigenvalue weighted by Crippen LogP contribution is -2.53. The van der Waals surface area contributed by atoms with Gasteiger partial charge in [-0.2, -0.15) is 0 Å². The predicted molar refractivity (Wildman–Crippen MR) is 64.0 cm³/mol. The Bertz CT molecular complexity index is 260. The second-order valence-electron chi connectivity index (χ2n) is 5.07. The van der Waals surface area contributed by atoms with Gasteiger partial charge in [-0.25, -0.2) is 0 Å². The van der Waals surface area contributed by atoms with Crippen molar-refractivity contribution in [1.82, 2.24) is 9.80 Å². The molecule has 0 bridgehead atoms. The fourth-order valence-corrected chi connectivity index (χ4v) is 2.64. The third kappa shape index (κ3) is 3.66. The van der Waals surface area contributed by atoms with Crippen LogP contribution >= 0.6 is 0 Å². The summed E-state index contributed by atoms with van der Waals surface area (Å²) in [5.41, 5.74) is 0. The summed E-state index contributed by atoms with van der Waals surface area (Å²) in [6.45, 7) is 4.64. The molecule has 17 heavy (non-hydrogen) atoms. The molecule has 2 aliphatic rings. The molecule has 1 heterocycles. The first-order valence-corrected chi connectivity index (χ1v) is 6.38. The average molecular weight is 242 g/mol. The molecular formula is C12H22N2O3. The van der Waals surface area contributed by atoms with Gasteiger partial charge < -0.3 is 9.84 Å². The summed E-state index contributed by atoms with van der Waals surface area (Å²) in [5.74, 6) is 0.0788. The topological polar surface area (TPSA) is 53.0 Å². The lowest BCUT2D eigenvalue weighted by atomic mass is 10.1. The maximum atomic E-state index is 10.6. The number of carboxylic acid groups (broad SMARTS) is 1.